The Bertz CT molecular complexity index is 305. The molecule has 0 spiro atoms. The molecule has 1 aromatic heterocycles. The van der Waals surface area contributed by atoms with Crippen LogP contribution in [0.5, 0.6) is 0 Å². The number of aldehydes is 1. The van der Waals surface area contributed by atoms with Crippen LogP contribution in [0.15, 0.2) is 6.07 Å². The normalized spacial score (nSPS) is 9.88. The van der Waals surface area contributed by atoms with Gasteiger partial charge in [0.25, 0.3) is 0 Å². The Balaban J connectivity index is 0.00000225. The molecule has 0 fully saturated rings. The molecule has 2 nitrogen and oxygen atoms in total. The predicted molar refractivity (Wildman–Crippen MR) is 70.4 cm³/mol. The number of methoxy groups -OCH3 is 1. The molecular formula is C13H22O2S. The lowest BCUT2D eigenvalue weighted by atomic mass is 10.1. The van der Waals surface area contributed by atoms with Crippen LogP contribution < -0.4 is 0 Å². The zero-order valence-electron chi connectivity index (χ0n) is 9.41. The van der Waals surface area contributed by atoms with E-state index in [4.69, 9.17) is 4.74 Å². The third-order valence-electron chi connectivity index (χ3n) is 2.34. The van der Waals surface area contributed by atoms with Gasteiger partial charge in [0.2, 0.25) is 0 Å². The molecule has 0 radical (unpaired) electrons. The van der Waals surface area contributed by atoms with Gasteiger partial charge in [-0.1, -0.05) is 14.4 Å². The Kier molecular flexibility index (Phi) is 8.12. The Morgan fingerprint density at radius 2 is 2.25 bits per heavy atom. The van der Waals surface area contributed by atoms with E-state index in [1.807, 2.05) is 11.3 Å². The molecule has 3 heteroatoms. The monoisotopic (exact) mass is 242 g/mol. The summed E-state index contributed by atoms with van der Waals surface area (Å²) in [5, 5.41) is 0. The minimum absolute atomic E-state index is 0. The summed E-state index contributed by atoms with van der Waals surface area (Å²) in [7, 11) is 1.73. The van der Waals surface area contributed by atoms with Gasteiger partial charge in [0.1, 0.15) is 6.29 Å². The van der Waals surface area contributed by atoms with E-state index >= 15 is 0 Å². The number of carbonyl (C=O) groups excluding carboxylic acids is 1. The standard InChI is InChI=1S/C12H18O2S.CH4/c1-3-12-10(6-7-13)9-11(15-12)5-4-8-14-2;/h7,9H,3-6,8H2,1-2H3;1H4. The second-order valence-corrected chi connectivity index (χ2v) is 4.70. The first-order valence-corrected chi connectivity index (χ1v) is 6.16. The summed E-state index contributed by atoms with van der Waals surface area (Å²) in [6.45, 7) is 2.95. The highest BCUT2D eigenvalue weighted by Crippen LogP contribution is 2.24. The average molecular weight is 242 g/mol. The van der Waals surface area contributed by atoms with E-state index in [1.54, 1.807) is 7.11 Å². The second-order valence-electron chi connectivity index (χ2n) is 3.48. The summed E-state index contributed by atoms with van der Waals surface area (Å²) in [5.41, 5.74) is 1.21. The molecule has 0 aliphatic heterocycles. The van der Waals surface area contributed by atoms with Crippen molar-refractivity contribution < 1.29 is 9.53 Å². The molecule has 0 aliphatic carbocycles. The molecule has 0 amide bonds. The van der Waals surface area contributed by atoms with Crippen LogP contribution in [0.4, 0.5) is 0 Å². The predicted octanol–water partition coefficient (Wildman–Crippen LogP) is 3.27. The minimum Gasteiger partial charge on any atom is -0.385 e. The van der Waals surface area contributed by atoms with Crippen LogP contribution in [0.3, 0.4) is 0 Å². The van der Waals surface area contributed by atoms with Crippen LogP contribution in [-0.2, 0) is 28.8 Å². The highest BCUT2D eigenvalue weighted by Gasteiger charge is 2.06. The van der Waals surface area contributed by atoms with Gasteiger partial charge in [0.05, 0.1) is 0 Å². The number of carbonyl (C=O) groups is 1. The number of hydrogen-bond acceptors (Lipinski definition) is 3. The molecular weight excluding hydrogens is 220 g/mol. The van der Waals surface area contributed by atoms with Crippen molar-refractivity contribution in [2.24, 2.45) is 0 Å². The van der Waals surface area contributed by atoms with Crippen molar-refractivity contribution >= 4 is 17.6 Å². The largest absolute Gasteiger partial charge is 0.385 e. The summed E-state index contributed by atoms with van der Waals surface area (Å²) in [6, 6.07) is 2.17. The van der Waals surface area contributed by atoms with Gasteiger partial charge in [-0.25, -0.2) is 0 Å². The fraction of sp³-hybridized carbons (Fsp3) is 0.615. The third-order valence-corrected chi connectivity index (χ3v) is 3.73. The highest BCUT2D eigenvalue weighted by molar-refractivity contribution is 7.12. The van der Waals surface area contributed by atoms with Crippen LogP contribution in [-0.4, -0.2) is 20.0 Å². The molecule has 92 valence electrons. The van der Waals surface area contributed by atoms with Gasteiger partial charge in [0.15, 0.2) is 0 Å². The number of ether oxygens (including phenoxy) is 1. The van der Waals surface area contributed by atoms with E-state index in [-0.39, 0.29) is 7.43 Å². The Labute approximate surface area is 103 Å². The fourth-order valence-corrected chi connectivity index (χ4v) is 2.79. The molecule has 16 heavy (non-hydrogen) atoms. The van der Waals surface area contributed by atoms with Crippen LogP contribution in [0.1, 0.15) is 36.1 Å². The summed E-state index contributed by atoms with van der Waals surface area (Å²) in [5.74, 6) is 0. The number of aryl methyl sites for hydroxylation is 2. The maximum atomic E-state index is 10.5. The van der Waals surface area contributed by atoms with Gasteiger partial charge in [-0.3, -0.25) is 0 Å². The first kappa shape index (κ1) is 15.3. The van der Waals surface area contributed by atoms with Crippen molar-refractivity contribution in [2.45, 2.75) is 40.0 Å². The van der Waals surface area contributed by atoms with E-state index in [9.17, 15) is 4.79 Å². The molecule has 0 saturated carbocycles. The van der Waals surface area contributed by atoms with E-state index in [1.165, 1.54) is 15.3 Å². The fourth-order valence-electron chi connectivity index (χ4n) is 1.60. The Hall–Kier alpha value is -0.670. The van der Waals surface area contributed by atoms with Gasteiger partial charge in [0, 0.05) is 29.9 Å². The Morgan fingerprint density at radius 1 is 1.50 bits per heavy atom. The first-order valence-electron chi connectivity index (χ1n) is 5.34. The maximum absolute atomic E-state index is 10.5. The lowest BCUT2D eigenvalue weighted by Gasteiger charge is -1.95. The quantitative estimate of drug-likeness (QED) is 0.542. The van der Waals surface area contributed by atoms with Crippen LogP contribution >= 0.6 is 11.3 Å². The van der Waals surface area contributed by atoms with Crippen molar-refractivity contribution in [1.82, 2.24) is 0 Å². The van der Waals surface area contributed by atoms with Crippen molar-refractivity contribution in [1.29, 1.82) is 0 Å². The lowest BCUT2D eigenvalue weighted by Crippen LogP contribution is -1.90. The van der Waals surface area contributed by atoms with Crippen molar-refractivity contribution in [2.75, 3.05) is 13.7 Å². The van der Waals surface area contributed by atoms with Crippen molar-refractivity contribution in [3.8, 4) is 0 Å². The molecule has 1 rings (SSSR count). The second kappa shape index (κ2) is 8.48. The van der Waals surface area contributed by atoms with Crippen LogP contribution in [0.25, 0.3) is 0 Å². The smallest absolute Gasteiger partial charge is 0.124 e. The van der Waals surface area contributed by atoms with Gasteiger partial charge in [-0.05, 0) is 30.9 Å². The maximum Gasteiger partial charge on any atom is 0.124 e. The first-order chi connectivity index (χ1) is 7.31. The molecule has 1 heterocycles. The van der Waals surface area contributed by atoms with Crippen molar-refractivity contribution in [3.05, 3.63) is 21.4 Å². The molecule has 0 aromatic carbocycles. The lowest BCUT2D eigenvalue weighted by molar-refractivity contribution is -0.107. The molecule has 0 unspecified atom stereocenters. The molecule has 0 saturated heterocycles. The summed E-state index contributed by atoms with van der Waals surface area (Å²) < 4.78 is 5.02. The van der Waals surface area contributed by atoms with Gasteiger partial charge in [-0.15, -0.1) is 11.3 Å². The average Bonchev–Trinajstić information content (AvgIpc) is 2.62. The zero-order valence-corrected chi connectivity index (χ0v) is 10.2. The van der Waals surface area contributed by atoms with Gasteiger partial charge >= 0.3 is 0 Å². The summed E-state index contributed by atoms with van der Waals surface area (Å²) in [6.07, 6.45) is 4.69. The highest BCUT2D eigenvalue weighted by atomic mass is 32.1. The number of hydrogen-bond donors (Lipinski definition) is 0. The van der Waals surface area contributed by atoms with Crippen LogP contribution in [0.2, 0.25) is 0 Å². The molecule has 0 aliphatic rings. The van der Waals surface area contributed by atoms with E-state index < -0.39 is 0 Å². The molecule has 0 bridgehead atoms. The summed E-state index contributed by atoms with van der Waals surface area (Å²) >= 11 is 1.84. The number of thiophene rings is 1. The minimum atomic E-state index is 0. The SMILES string of the molecule is C.CCc1sc(CCCOC)cc1CC=O. The molecule has 0 atom stereocenters. The molecule has 1 aromatic rings. The van der Waals surface area contributed by atoms with E-state index in [0.29, 0.717) is 6.42 Å². The summed E-state index contributed by atoms with van der Waals surface area (Å²) in [4.78, 5) is 13.2. The van der Waals surface area contributed by atoms with Crippen molar-refractivity contribution in [3.63, 3.8) is 0 Å². The van der Waals surface area contributed by atoms with Gasteiger partial charge in [-0.2, -0.15) is 0 Å². The Morgan fingerprint density at radius 3 is 2.81 bits per heavy atom. The zero-order chi connectivity index (χ0) is 11.1. The molecule has 0 N–H and O–H groups in total. The topological polar surface area (TPSA) is 26.3 Å². The van der Waals surface area contributed by atoms with Crippen LogP contribution in [0, 0.1) is 0 Å². The van der Waals surface area contributed by atoms with E-state index in [0.717, 1.165) is 32.2 Å². The number of rotatable bonds is 7. The third kappa shape index (κ3) is 4.45. The van der Waals surface area contributed by atoms with Gasteiger partial charge < -0.3 is 9.53 Å². The van der Waals surface area contributed by atoms with E-state index in [2.05, 4.69) is 13.0 Å².